The summed E-state index contributed by atoms with van der Waals surface area (Å²) >= 11 is 12.2. The normalized spacial score (nSPS) is 15.0. The zero-order valence-electron chi connectivity index (χ0n) is 12.4. The molecule has 0 spiro atoms. The number of benzene rings is 1. The van der Waals surface area contributed by atoms with Gasteiger partial charge in [-0.05, 0) is 38.0 Å². The van der Waals surface area contributed by atoms with E-state index < -0.39 is 0 Å². The van der Waals surface area contributed by atoms with Crippen molar-refractivity contribution in [1.82, 2.24) is 9.97 Å². The Balaban J connectivity index is 1.81. The molecule has 2 aromatic rings. The van der Waals surface area contributed by atoms with Crippen molar-refractivity contribution in [2.24, 2.45) is 0 Å². The first-order chi connectivity index (χ1) is 10.6. The number of hydrogen-bond donors (Lipinski definition) is 2. The molecule has 22 heavy (non-hydrogen) atoms. The van der Waals surface area contributed by atoms with Crippen molar-refractivity contribution in [3.05, 3.63) is 40.0 Å². The van der Waals surface area contributed by atoms with E-state index in [4.69, 9.17) is 23.2 Å². The van der Waals surface area contributed by atoms with Gasteiger partial charge in [-0.1, -0.05) is 36.0 Å². The summed E-state index contributed by atoms with van der Waals surface area (Å²) in [4.78, 5) is 8.99. The van der Waals surface area contributed by atoms with Crippen LogP contribution in [0.4, 0.5) is 17.5 Å². The van der Waals surface area contributed by atoms with Gasteiger partial charge in [0.2, 0.25) is 5.95 Å². The van der Waals surface area contributed by atoms with Gasteiger partial charge in [-0.25, -0.2) is 4.98 Å². The third-order valence-electron chi connectivity index (χ3n) is 3.73. The van der Waals surface area contributed by atoms with E-state index in [2.05, 4.69) is 20.6 Å². The van der Waals surface area contributed by atoms with E-state index in [-0.39, 0.29) is 0 Å². The summed E-state index contributed by atoms with van der Waals surface area (Å²) in [5, 5.41) is 7.85. The van der Waals surface area contributed by atoms with Crippen LogP contribution >= 0.6 is 23.2 Å². The molecule has 0 bridgehead atoms. The third-order valence-corrected chi connectivity index (χ3v) is 4.30. The molecule has 0 saturated heterocycles. The van der Waals surface area contributed by atoms with Gasteiger partial charge in [0.25, 0.3) is 0 Å². The van der Waals surface area contributed by atoms with Gasteiger partial charge in [0, 0.05) is 22.8 Å². The van der Waals surface area contributed by atoms with Gasteiger partial charge < -0.3 is 10.6 Å². The van der Waals surface area contributed by atoms with E-state index in [0.717, 1.165) is 11.4 Å². The predicted octanol–water partition coefficient (Wildman–Crippen LogP) is 5.19. The third kappa shape index (κ3) is 3.81. The Morgan fingerprint density at radius 1 is 1.09 bits per heavy atom. The second-order valence-corrected chi connectivity index (χ2v) is 6.44. The Morgan fingerprint density at radius 3 is 2.64 bits per heavy atom. The summed E-state index contributed by atoms with van der Waals surface area (Å²) < 4.78 is 0. The van der Waals surface area contributed by atoms with Gasteiger partial charge in [0.15, 0.2) is 0 Å². The molecule has 1 saturated carbocycles. The van der Waals surface area contributed by atoms with Crippen LogP contribution in [0.25, 0.3) is 0 Å². The van der Waals surface area contributed by atoms with Gasteiger partial charge in [-0.15, -0.1) is 0 Å². The number of nitrogens with one attached hydrogen (secondary N) is 2. The maximum absolute atomic E-state index is 6.18. The van der Waals surface area contributed by atoms with E-state index >= 15 is 0 Å². The fourth-order valence-corrected chi connectivity index (χ4v) is 3.02. The minimum absolute atomic E-state index is 0.476. The van der Waals surface area contributed by atoms with Crippen molar-refractivity contribution in [3.8, 4) is 0 Å². The lowest BCUT2D eigenvalue weighted by Gasteiger charge is -2.14. The Kier molecular flexibility index (Phi) is 4.69. The molecule has 116 valence electrons. The minimum Gasteiger partial charge on any atom is -0.351 e. The Hall–Kier alpha value is -1.52. The van der Waals surface area contributed by atoms with Crippen LogP contribution < -0.4 is 10.6 Å². The molecule has 1 heterocycles. The summed E-state index contributed by atoms with van der Waals surface area (Å²) in [7, 11) is 0. The lowest BCUT2D eigenvalue weighted by atomic mass is 10.2. The first-order valence-corrected chi connectivity index (χ1v) is 8.20. The number of hydrogen-bond acceptors (Lipinski definition) is 4. The summed E-state index contributed by atoms with van der Waals surface area (Å²) in [6.07, 6.45) is 4.90. The SMILES string of the molecule is Cc1cc(Nc2cc(Cl)ccc2Cl)nc(NC2CCCC2)n1. The molecule has 4 nitrogen and oxygen atoms in total. The van der Waals surface area contributed by atoms with Crippen molar-refractivity contribution in [2.45, 2.75) is 38.6 Å². The molecule has 1 aromatic heterocycles. The highest BCUT2D eigenvalue weighted by atomic mass is 35.5. The van der Waals surface area contributed by atoms with Gasteiger partial charge in [-0.2, -0.15) is 4.98 Å². The standard InChI is InChI=1S/C16H18Cl2N4/c1-10-8-15(21-14-9-11(17)6-7-13(14)18)22-16(19-10)20-12-4-2-3-5-12/h6-9,12H,2-5H2,1H3,(H2,19,20,21,22). The Morgan fingerprint density at radius 2 is 1.86 bits per heavy atom. The highest BCUT2D eigenvalue weighted by Crippen LogP contribution is 2.28. The minimum atomic E-state index is 0.476. The topological polar surface area (TPSA) is 49.8 Å². The number of halogens is 2. The van der Waals surface area contributed by atoms with Crippen LogP contribution in [0, 0.1) is 6.92 Å². The second-order valence-electron chi connectivity index (χ2n) is 5.59. The lowest BCUT2D eigenvalue weighted by molar-refractivity contribution is 0.743. The molecule has 3 rings (SSSR count). The molecule has 0 radical (unpaired) electrons. The molecule has 0 atom stereocenters. The molecular weight excluding hydrogens is 319 g/mol. The maximum Gasteiger partial charge on any atom is 0.225 e. The highest BCUT2D eigenvalue weighted by molar-refractivity contribution is 6.35. The maximum atomic E-state index is 6.18. The molecule has 6 heteroatoms. The van der Waals surface area contributed by atoms with Crippen LogP contribution in [0.5, 0.6) is 0 Å². The summed E-state index contributed by atoms with van der Waals surface area (Å²) in [6.45, 7) is 1.95. The molecule has 1 aliphatic carbocycles. The lowest BCUT2D eigenvalue weighted by Crippen LogP contribution is -2.17. The smallest absolute Gasteiger partial charge is 0.225 e. The average molecular weight is 337 g/mol. The molecule has 2 N–H and O–H groups in total. The number of aryl methyl sites for hydroxylation is 1. The summed E-state index contributed by atoms with van der Waals surface area (Å²) in [5.74, 6) is 1.37. The zero-order valence-corrected chi connectivity index (χ0v) is 13.9. The quantitative estimate of drug-likeness (QED) is 0.806. The van der Waals surface area contributed by atoms with Crippen molar-refractivity contribution in [1.29, 1.82) is 0 Å². The van der Waals surface area contributed by atoms with Crippen molar-refractivity contribution < 1.29 is 0 Å². The molecule has 0 unspecified atom stereocenters. The van der Waals surface area contributed by atoms with Gasteiger partial charge in [0.1, 0.15) is 5.82 Å². The van der Waals surface area contributed by atoms with E-state index in [1.54, 1.807) is 18.2 Å². The Labute approximate surface area is 140 Å². The van der Waals surface area contributed by atoms with E-state index in [1.807, 2.05) is 13.0 Å². The largest absolute Gasteiger partial charge is 0.351 e. The van der Waals surface area contributed by atoms with Crippen LogP contribution in [0.3, 0.4) is 0 Å². The monoisotopic (exact) mass is 336 g/mol. The van der Waals surface area contributed by atoms with Crippen LogP contribution in [0.15, 0.2) is 24.3 Å². The number of anilines is 3. The van der Waals surface area contributed by atoms with E-state index in [0.29, 0.717) is 27.9 Å². The zero-order chi connectivity index (χ0) is 15.5. The van der Waals surface area contributed by atoms with Crippen LogP contribution in [-0.4, -0.2) is 16.0 Å². The number of nitrogens with zero attached hydrogens (tertiary/aromatic N) is 2. The average Bonchev–Trinajstić information content (AvgIpc) is 2.95. The first kappa shape index (κ1) is 15.4. The molecule has 1 aliphatic rings. The van der Waals surface area contributed by atoms with E-state index in [1.165, 1.54) is 25.7 Å². The molecular formula is C16H18Cl2N4. The molecule has 1 fully saturated rings. The van der Waals surface area contributed by atoms with Crippen molar-refractivity contribution >= 4 is 40.7 Å². The van der Waals surface area contributed by atoms with Gasteiger partial charge >= 0.3 is 0 Å². The second kappa shape index (κ2) is 6.71. The summed E-state index contributed by atoms with van der Waals surface area (Å²) in [6, 6.07) is 7.66. The van der Waals surface area contributed by atoms with E-state index in [9.17, 15) is 0 Å². The number of rotatable bonds is 4. The molecule has 1 aromatic carbocycles. The first-order valence-electron chi connectivity index (χ1n) is 7.44. The fraction of sp³-hybridized carbons (Fsp3) is 0.375. The van der Waals surface area contributed by atoms with Crippen LogP contribution in [0.1, 0.15) is 31.4 Å². The van der Waals surface area contributed by atoms with Crippen molar-refractivity contribution in [3.63, 3.8) is 0 Å². The van der Waals surface area contributed by atoms with Crippen molar-refractivity contribution in [2.75, 3.05) is 10.6 Å². The summed E-state index contributed by atoms with van der Waals surface area (Å²) in [5.41, 5.74) is 1.63. The van der Waals surface area contributed by atoms with Gasteiger partial charge in [-0.3, -0.25) is 0 Å². The van der Waals surface area contributed by atoms with Crippen LogP contribution in [-0.2, 0) is 0 Å². The molecule has 0 aliphatic heterocycles. The van der Waals surface area contributed by atoms with Gasteiger partial charge in [0.05, 0.1) is 10.7 Å². The predicted molar refractivity (Wildman–Crippen MR) is 92.4 cm³/mol. The Bertz CT molecular complexity index is 669. The van der Waals surface area contributed by atoms with Crippen LogP contribution in [0.2, 0.25) is 10.0 Å². The fourth-order valence-electron chi connectivity index (χ4n) is 2.68. The number of aromatic nitrogens is 2. The molecule has 0 amide bonds. The highest BCUT2D eigenvalue weighted by Gasteiger charge is 2.16.